The van der Waals surface area contributed by atoms with E-state index in [1.807, 2.05) is 0 Å². The van der Waals surface area contributed by atoms with Crippen molar-refractivity contribution in [3.63, 3.8) is 0 Å². The Kier molecular flexibility index (Phi) is 5.15. The van der Waals surface area contributed by atoms with Crippen molar-refractivity contribution in [3.05, 3.63) is 33.3 Å². The summed E-state index contributed by atoms with van der Waals surface area (Å²) in [6.45, 7) is 1.62. The van der Waals surface area contributed by atoms with Crippen LogP contribution in [-0.2, 0) is 4.79 Å². The predicted octanol–water partition coefficient (Wildman–Crippen LogP) is 2.76. The van der Waals surface area contributed by atoms with Crippen LogP contribution in [0.25, 0.3) is 0 Å². The minimum Gasteiger partial charge on any atom is -0.474 e. The first-order valence-corrected chi connectivity index (χ1v) is 8.86. The van der Waals surface area contributed by atoms with Crippen molar-refractivity contribution in [2.45, 2.75) is 56.8 Å². The van der Waals surface area contributed by atoms with E-state index in [4.69, 9.17) is 16.3 Å². The second-order valence-corrected chi connectivity index (χ2v) is 7.28. The zero-order chi connectivity index (χ0) is 18.1. The minimum absolute atomic E-state index is 0.0500. The molecule has 2 bridgehead atoms. The van der Waals surface area contributed by atoms with Crippen molar-refractivity contribution in [3.8, 4) is 5.75 Å². The molecule has 2 aliphatic rings. The summed E-state index contributed by atoms with van der Waals surface area (Å²) < 4.78 is 5.60. The average Bonchev–Trinajstić information content (AvgIpc) is 2.92. The number of likely N-dealkylation sites (N-methyl/N-ethyl adjacent to an activating group) is 1. The van der Waals surface area contributed by atoms with Crippen molar-refractivity contribution >= 4 is 23.2 Å². The molecule has 1 aromatic carbocycles. The van der Waals surface area contributed by atoms with Crippen LogP contribution in [0.2, 0.25) is 5.02 Å². The van der Waals surface area contributed by atoms with Crippen molar-refractivity contribution in [1.29, 1.82) is 0 Å². The van der Waals surface area contributed by atoms with Crippen LogP contribution >= 0.6 is 11.6 Å². The second-order valence-electron chi connectivity index (χ2n) is 6.84. The highest BCUT2D eigenvalue weighted by Crippen LogP contribution is 2.32. The third kappa shape index (κ3) is 3.88. The van der Waals surface area contributed by atoms with Crippen molar-refractivity contribution < 1.29 is 14.5 Å². The van der Waals surface area contributed by atoms with Gasteiger partial charge < -0.3 is 15.0 Å². The number of carbonyl (C=O) groups excluding carboxylic acids is 1. The highest BCUT2D eigenvalue weighted by Gasteiger charge is 2.37. The van der Waals surface area contributed by atoms with E-state index in [1.54, 1.807) is 18.9 Å². The molecule has 0 saturated carbocycles. The summed E-state index contributed by atoms with van der Waals surface area (Å²) in [4.78, 5) is 25.0. The number of halogens is 1. The first kappa shape index (κ1) is 17.9. The Balaban J connectivity index is 1.67. The highest BCUT2D eigenvalue weighted by molar-refractivity contribution is 6.30. The molecule has 0 aromatic heterocycles. The van der Waals surface area contributed by atoms with E-state index in [1.165, 1.54) is 18.2 Å². The molecule has 3 rings (SSSR count). The highest BCUT2D eigenvalue weighted by atomic mass is 35.5. The lowest BCUT2D eigenvalue weighted by Gasteiger charge is -2.36. The molecule has 2 saturated heterocycles. The number of carbonyl (C=O) groups is 1. The van der Waals surface area contributed by atoms with Crippen molar-refractivity contribution in [2.75, 3.05) is 7.05 Å². The molecular formula is C17H22ClN3O4. The van der Waals surface area contributed by atoms with Gasteiger partial charge in [0, 0.05) is 36.3 Å². The Bertz CT molecular complexity index is 672. The van der Waals surface area contributed by atoms with Crippen molar-refractivity contribution in [2.24, 2.45) is 0 Å². The molecule has 1 aromatic rings. The SMILES string of the molecule is CC(Oc1ccc(Cl)cc1[N+](=O)[O-])C(=O)N(C)C1CC2CCC(C1)N2. The summed E-state index contributed by atoms with van der Waals surface area (Å²) in [6, 6.07) is 5.30. The number of ether oxygens (including phenoxy) is 1. The predicted molar refractivity (Wildman–Crippen MR) is 93.9 cm³/mol. The molecular weight excluding hydrogens is 346 g/mol. The Morgan fingerprint density at radius 2 is 2.04 bits per heavy atom. The molecule has 136 valence electrons. The fourth-order valence-electron chi connectivity index (χ4n) is 3.78. The molecule has 1 N–H and O–H groups in total. The van der Waals surface area contributed by atoms with Gasteiger partial charge >= 0.3 is 5.69 Å². The zero-order valence-electron chi connectivity index (χ0n) is 14.3. The lowest BCUT2D eigenvalue weighted by Crippen LogP contribution is -2.51. The van der Waals surface area contributed by atoms with Crippen LogP contribution in [0.3, 0.4) is 0 Å². The van der Waals surface area contributed by atoms with Crippen LogP contribution in [0.1, 0.15) is 32.6 Å². The smallest absolute Gasteiger partial charge is 0.312 e. The molecule has 2 heterocycles. The lowest BCUT2D eigenvalue weighted by molar-refractivity contribution is -0.386. The Morgan fingerprint density at radius 3 is 2.64 bits per heavy atom. The van der Waals surface area contributed by atoms with E-state index in [-0.39, 0.29) is 28.4 Å². The largest absolute Gasteiger partial charge is 0.474 e. The quantitative estimate of drug-likeness (QED) is 0.639. The molecule has 8 heteroatoms. The molecule has 0 aliphatic carbocycles. The first-order valence-electron chi connectivity index (χ1n) is 8.48. The Labute approximate surface area is 151 Å². The number of fused-ring (bicyclic) bond motifs is 2. The van der Waals surface area contributed by atoms with Gasteiger partial charge in [-0.15, -0.1) is 0 Å². The number of nitrogens with one attached hydrogen (secondary N) is 1. The van der Waals surface area contributed by atoms with E-state index in [9.17, 15) is 14.9 Å². The van der Waals surface area contributed by atoms with Gasteiger partial charge in [-0.05, 0) is 44.7 Å². The van der Waals surface area contributed by atoms with Crippen molar-refractivity contribution in [1.82, 2.24) is 10.2 Å². The fourth-order valence-corrected chi connectivity index (χ4v) is 3.95. The van der Waals surface area contributed by atoms with E-state index in [0.29, 0.717) is 12.1 Å². The number of hydrogen-bond donors (Lipinski definition) is 1. The van der Waals surface area contributed by atoms with Crippen LogP contribution in [0.4, 0.5) is 5.69 Å². The van der Waals surface area contributed by atoms with Crippen LogP contribution in [-0.4, -0.2) is 47.0 Å². The minimum atomic E-state index is -0.808. The molecule has 2 fully saturated rings. The van der Waals surface area contributed by atoms with Crippen LogP contribution < -0.4 is 10.1 Å². The summed E-state index contributed by atoms with van der Waals surface area (Å²) in [5, 5.41) is 15.0. The van der Waals surface area contributed by atoms with Gasteiger partial charge in [-0.25, -0.2) is 0 Å². The van der Waals surface area contributed by atoms with Gasteiger partial charge in [-0.1, -0.05) is 11.6 Å². The summed E-state index contributed by atoms with van der Waals surface area (Å²) in [5.41, 5.74) is -0.241. The molecule has 3 unspecified atom stereocenters. The number of nitrogens with zero attached hydrogens (tertiary/aromatic N) is 2. The van der Waals surface area contributed by atoms with E-state index >= 15 is 0 Å². The Hall–Kier alpha value is -1.86. The topological polar surface area (TPSA) is 84.7 Å². The Morgan fingerprint density at radius 1 is 1.40 bits per heavy atom. The maximum Gasteiger partial charge on any atom is 0.312 e. The molecule has 7 nitrogen and oxygen atoms in total. The van der Waals surface area contributed by atoms with Gasteiger partial charge in [0.2, 0.25) is 0 Å². The van der Waals surface area contributed by atoms with E-state index < -0.39 is 11.0 Å². The number of hydrogen-bond acceptors (Lipinski definition) is 5. The maximum atomic E-state index is 12.7. The number of amides is 1. The number of rotatable bonds is 5. The average molecular weight is 368 g/mol. The second kappa shape index (κ2) is 7.17. The number of benzene rings is 1. The number of piperidine rings is 1. The third-order valence-electron chi connectivity index (χ3n) is 5.11. The molecule has 0 radical (unpaired) electrons. The maximum absolute atomic E-state index is 12.7. The van der Waals surface area contributed by atoms with Crippen LogP contribution in [0.5, 0.6) is 5.75 Å². The molecule has 25 heavy (non-hydrogen) atoms. The summed E-state index contributed by atoms with van der Waals surface area (Å²) in [5.74, 6) is -0.121. The van der Waals surface area contributed by atoms with Crippen LogP contribution in [0, 0.1) is 10.1 Å². The summed E-state index contributed by atoms with van der Waals surface area (Å²) >= 11 is 5.80. The van der Waals surface area contributed by atoms with E-state index in [2.05, 4.69) is 5.32 Å². The third-order valence-corrected chi connectivity index (χ3v) is 5.35. The standard InChI is InChI=1S/C17H22ClN3O4/c1-10(25-16-6-3-11(18)7-15(16)21(23)24)17(22)20(2)14-8-12-4-5-13(9-14)19-12/h3,6-7,10,12-14,19H,4-5,8-9H2,1-2H3. The molecule has 2 aliphatic heterocycles. The van der Waals surface area contributed by atoms with E-state index in [0.717, 1.165) is 25.7 Å². The molecule has 3 atom stereocenters. The van der Waals surface area contributed by atoms with Gasteiger partial charge in [0.15, 0.2) is 11.9 Å². The van der Waals surface area contributed by atoms with Gasteiger partial charge in [-0.3, -0.25) is 14.9 Å². The summed E-state index contributed by atoms with van der Waals surface area (Å²) in [6.07, 6.45) is 3.38. The monoisotopic (exact) mass is 367 g/mol. The fraction of sp³-hybridized carbons (Fsp3) is 0.588. The zero-order valence-corrected chi connectivity index (χ0v) is 15.0. The summed E-state index contributed by atoms with van der Waals surface area (Å²) in [7, 11) is 1.79. The molecule has 0 spiro atoms. The van der Waals surface area contributed by atoms with Gasteiger partial charge in [0.1, 0.15) is 0 Å². The van der Waals surface area contributed by atoms with Crippen LogP contribution in [0.15, 0.2) is 18.2 Å². The first-order chi connectivity index (χ1) is 11.8. The number of nitro groups is 1. The van der Waals surface area contributed by atoms with Gasteiger partial charge in [0.05, 0.1) is 4.92 Å². The lowest BCUT2D eigenvalue weighted by atomic mass is 9.98. The van der Waals surface area contributed by atoms with Gasteiger partial charge in [0.25, 0.3) is 5.91 Å². The normalized spacial score (nSPS) is 26.1. The molecule has 1 amide bonds. The van der Waals surface area contributed by atoms with Gasteiger partial charge in [-0.2, -0.15) is 0 Å². The number of nitro benzene ring substituents is 1.